The fourth-order valence-corrected chi connectivity index (χ4v) is 3.19. The van der Waals surface area contributed by atoms with Gasteiger partial charge in [-0.15, -0.1) is 10.2 Å². The number of rotatable bonds is 7. The van der Waals surface area contributed by atoms with Gasteiger partial charge in [0, 0.05) is 12.1 Å². The number of thioether (sulfide) groups is 1. The largest absolute Gasteiger partial charge is 0.369 e. The third-order valence-electron chi connectivity index (χ3n) is 3.32. The van der Waals surface area contributed by atoms with Crippen LogP contribution in [0.3, 0.4) is 0 Å². The average Bonchev–Trinajstić information content (AvgIpc) is 2.98. The molecule has 0 spiro atoms. The van der Waals surface area contributed by atoms with E-state index in [0.717, 1.165) is 0 Å². The molecule has 0 radical (unpaired) electrons. The maximum absolute atomic E-state index is 12.4. The molecule has 0 aliphatic heterocycles. The van der Waals surface area contributed by atoms with Gasteiger partial charge in [0.1, 0.15) is 0 Å². The van der Waals surface area contributed by atoms with Gasteiger partial charge >= 0.3 is 0 Å². The summed E-state index contributed by atoms with van der Waals surface area (Å²) in [5.41, 5.74) is 5.55. The van der Waals surface area contributed by atoms with E-state index in [2.05, 4.69) is 15.5 Å². The quantitative estimate of drug-likeness (QED) is 0.694. The topological polar surface area (TPSA) is 103 Å². The molecule has 2 amide bonds. The third kappa shape index (κ3) is 4.87. The van der Waals surface area contributed by atoms with Gasteiger partial charge in [-0.25, -0.2) is 0 Å². The van der Waals surface area contributed by atoms with Crippen LogP contribution in [0.15, 0.2) is 23.4 Å². The zero-order chi connectivity index (χ0) is 18.6. The summed E-state index contributed by atoms with van der Waals surface area (Å²) < 4.78 is 1.83. The van der Waals surface area contributed by atoms with Crippen molar-refractivity contribution in [1.82, 2.24) is 20.1 Å². The smallest absolute Gasteiger partial charge is 0.251 e. The molecule has 0 aliphatic carbocycles. The van der Waals surface area contributed by atoms with Crippen molar-refractivity contribution in [2.24, 2.45) is 5.73 Å². The monoisotopic (exact) mass is 401 g/mol. The Morgan fingerprint density at radius 1 is 1.32 bits per heavy atom. The number of nitrogens with zero attached hydrogens (tertiary/aromatic N) is 3. The summed E-state index contributed by atoms with van der Waals surface area (Å²) in [6, 6.07) is 4.27. The second-order valence-electron chi connectivity index (χ2n) is 5.16. The van der Waals surface area contributed by atoms with Crippen LogP contribution in [-0.4, -0.2) is 32.3 Å². The summed E-state index contributed by atoms with van der Waals surface area (Å²) in [6.07, 6.45) is 0. The maximum Gasteiger partial charge on any atom is 0.251 e. The van der Waals surface area contributed by atoms with Crippen LogP contribution in [0.5, 0.6) is 0 Å². The van der Waals surface area contributed by atoms with Gasteiger partial charge in [-0.2, -0.15) is 0 Å². The van der Waals surface area contributed by atoms with Gasteiger partial charge in [0.2, 0.25) is 5.91 Å². The predicted octanol–water partition coefficient (Wildman–Crippen LogP) is 2.67. The molecule has 0 saturated heterocycles. The van der Waals surface area contributed by atoms with E-state index in [0.29, 0.717) is 33.1 Å². The van der Waals surface area contributed by atoms with Crippen LogP contribution < -0.4 is 11.1 Å². The van der Waals surface area contributed by atoms with Gasteiger partial charge in [0.05, 0.1) is 21.8 Å². The molecule has 3 N–H and O–H groups in total. The van der Waals surface area contributed by atoms with E-state index in [1.807, 2.05) is 11.5 Å². The molecule has 2 aromatic rings. The number of halogens is 2. The molecule has 1 aromatic carbocycles. The van der Waals surface area contributed by atoms with Gasteiger partial charge in [-0.1, -0.05) is 35.0 Å². The van der Waals surface area contributed by atoms with Gasteiger partial charge in [-0.05, 0) is 32.0 Å². The second-order valence-corrected chi connectivity index (χ2v) is 6.92. The first-order valence-electron chi connectivity index (χ1n) is 7.43. The molecule has 1 aromatic heterocycles. The minimum absolute atomic E-state index is 0.113. The number of hydrogen-bond donors (Lipinski definition) is 2. The van der Waals surface area contributed by atoms with Crippen molar-refractivity contribution >= 4 is 46.8 Å². The van der Waals surface area contributed by atoms with E-state index in [1.54, 1.807) is 19.1 Å². The molecule has 10 heteroatoms. The van der Waals surface area contributed by atoms with Crippen molar-refractivity contribution in [3.63, 3.8) is 0 Å². The number of nitrogens with two attached hydrogens (primary N) is 1. The summed E-state index contributed by atoms with van der Waals surface area (Å²) >= 11 is 13.0. The lowest BCUT2D eigenvalue weighted by Crippen LogP contribution is -2.28. The van der Waals surface area contributed by atoms with Gasteiger partial charge in [0.25, 0.3) is 5.91 Å². The molecule has 0 unspecified atom stereocenters. The van der Waals surface area contributed by atoms with Gasteiger partial charge in [0.15, 0.2) is 11.0 Å². The Morgan fingerprint density at radius 3 is 2.64 bits per heavy atom. The second kappa shape index (κ2) is 8.55. The molecule has 7 nitrogen and oxygen atoms in total. The number of carbonyl (C=O) groups excluding carboxylic acids is 2. The lowest BCUT2D eigenvalue weighted by molar-refractivity contribution is -0.115. The van der Waals surface area contributed by atoms with E-state index in [-0.39, 0.29) is 11.7 Å². The van der Waals surface area contributed by atoms with Crippen molar-refractivity contribution in [2.45, 2.75) is 31.6 Å². The van der Waals surface area contributed by atoms with Crippen LogP contribution in [0.4, 0.5) is 0 Å². The van der Waals surface area contributed by atoms with Gasteiger partial charge < -0.3 is 15.6 Å². The number of benzene rings is 1. The SMILES string of the molecule is CCn1c(SCC(N)=O)nnc1[C@H](C)NC(=O)c1ccc(Cl)c(Cl)c1. The molecule has 0 fully saturated rings. The molecule has 0 saturated carbocycles. The van der Waals surface area contributed by atoms with Crippen LogP contribution in [0, 0.1) is 0 Å². The normalized spacial score (nSPS) is 12.0. The zero-order valence-electron chi connectivity index (χ0n) is 13.6. The molecule has 1 atom stereocenters. The summed E-state index contributed by atoms with van der Waals surface area (Å²) in [5, 5.41) is 12.3. The Hall–Kier alpha value is -1.77. The first-order chi connectivity index (χ1) is 11.8. The first kappa shape index (κ1) is 19.6. The van der Waals surface area contributed by atoms with Crippen molar-refractivity contribution in [3.8, 4) is 0 Å². The third-order valence-corrected chi connectivity index (χ3v) is 5.05. The van der Waals surface area contributed by atoms with E-state index in [4.69, 9.17) is 28.9 Å². The lowest BCUT2D eigenvalue weighted by Gasteiger charge is -2.15. The highest BCUT2D eigenvalue weighted by Crippen LogP contribution is 2.24. The number of amides is 2. The summed E-state index contributed by atoms with van der Waals surface area (Å²) in [7, 11) is 0. The number of primary amides is 1. The molecule has 25 heavy (non-hydrogen) atoms. The molecule has 0 aliphatic rings. The highest BCUT2D eigenvalue weighted by Gasteiger charge is 2.20. The Kier molecular flexibility index (Phi) is 6.69. The van der Waals surface area contributed by atoms with E-state index in [9.17, 15) is 9.59 Å². The molecule has 0 bridgehead atoms. The van der Waals surface area contributed by atoms with Crippen molar-refractivity contribution < 1.29 is 9.59 Å². The molecular formula is C15H17Cl2N5O2S. The number of carbonyl (C=O) groups is 2. The average molecular weight is 402 g/mol. The Balaban J connectivity index is 2.14. The van der Waals surface area contributed by atoms with Crippen molar-refractivity contribution in [1.29, 1.82) is 0 Å². The Morgan fingerprint density at radius 2 is 2.04 bits per heavy atom. The molecule has 134 valence electrons. The van der Waals surface area contributed by atoms with Gasteiger partial charge in [-0.3, -0.25) is 9.59 Å². The zero-order valence-corrected chi connectivity index (χ0v) is 16.0. The fourth-order valence-electron chi connectivity index (χ4n) is 2.14. The molecule has 2 rings (SSSR count). The Bertz CT molecular complexity index is 796. The van der Waals surface area contributed by atoms with Crippen LogP contribution >= 0.6 is 35.0 Å². The molecule has 1 heterocycles. The van der Waals surface area contributed by atoms with E-state index < -0.39 is 11.9 Å². The Labute approximate surface area is 159 Å². The summed E-state index contributed by atoms with van der Waals surface area (Å²) in [4.78, 5) is 23.3. The minimum atomic E-state index is -0.432. The van der Waals surface area contributed by atoms with Crippen LogP contribution in [0.25, 0.3) is 0 Å². The lowest BCUT2D eigenvalue weighted by atomic mass is 10.2. The van der Waals surface area contributed by atoms with Crippen LogP contribution in [-0.2, 0) is 11.3 Å². The van der Waals surface area contributed by atoms with E-state index in [1.165, 1.54) is 17.8 Å². The highest BCUT2D eigenvalue weighted by molar-refractivity contribution is 7.99. The number of aromatic nitrogens is 3. The standard InChI is InChI=1S/C15H17Cl2N5O2S/c1-3-22-13(20-21-15(22)25-7-12(18)23)8(2)19-14(24)9-4-5-10(16)11(17)6-9/h4-6,8H,3,7H2,1-2H3,(H2,18,23)(H,19,24)/t8-/m0/s1. The van der Waals surface area contributed by atoms with Crippen molar-refractivity contribution in [3.05, 3.63) is 39.6 Å². The van der Waals surface area contributed by atoms with Crippen LogP contribution in [0.2, 0.25) is 10.0 Å². The molecular weight excluding hydrogens is 385 g/mol. The van der Waals surface area contributed by atoms with Crippen molar-refractivity contribution in [2.75, 3.05) is 5.75 Å². The van der Waals surface area contributed by atoms with E-state index >= 15 is 0 Å². The van der Waals surface area contributed by atoms with Crippen LogP contribution in [0.1, 0.15) is 36.1 Å². The fraction of sp³-hybridized carbons (Fsp3) is 0.333. The predicted molar refractivity (Wildman–Crippen MR) is 98.0 cm³/mol. The maximum atomic E-state index is 12.4. The summed E-state index contributed by atoms with van der Waals surface area (Å²) in [5.74, 6) is -0.0357. The minimum Gasteiger partial charge on any atom is -0.369 e. The first-order valence-corrected chi connectivity index (χ1v) is 9.17. The number of hydrogen-bond acceptors (Lipinski definition) is 5. The highest BCUT2D eigenvalue weighted by atomic mass is 35.5. The summed E-state index contributed by atoms with van der Waals surface area (Å²) in [6.45, 7) is 4.32. The number of nitrogens with one attached hydrogen (secondary N) is 1.